The fraction of sp³-hybridized carbons (Fsp3) is 0.571. The second kappa shape index (κ2) is 6.15. The van der Waals surface area contributed by atoms with Crippen molar-refractivity contribution in [3.63, 3.8) is 0 Å². The van der Waals surface area contributed by atoms with Gasteiger partial charge in [0.1, 0.15) is 6.10 Å². The van der Waals surface area contributed by atoms with Gasteiger partial charge >= 0.3 is 0 Å². The van der Waals surface area contributed by atoms with E-state index in [0.29, 0.717) is 19.8 Å². The molecule has 0 amide bonds. The highest BCUT2D eigenvalue weighted by Crippen LogP contribution is 2.21. The Labute approximate surface area is 102 Å². The van der Waals surface area contributed by atoms with Crippen molar-refractivity contribution in [2.24, 2.45) is 5.92 Å². The highest BCUT2D eigenvalue weighted by Gasteiger charge is 2.32. The first-order valence-electron chi connectivity index (χ1n) is 6.22. The Morgan fingerprint density at radius 1 is 1.29 bits per heavy atom. The Kier molecular flexibility index (Phi) is 4.54. The lowest BCUT2D eigenvalue weighted by molar-refractivity contribution is -0.150. The third-order valence-electron chi connectivity index (χ3n) is 3.31. The van der Waals surface area contributed by atoms with E-state index >= 15 is 0 Å². The van der Waals surface area contributed by atoms with Crippen LogP contribution in [0.5, 0.6) is 0 Å². The first-order valence-corrected chi connectivity index (χ1v) is 6.22. The molecule has 2 rings (SSSR count). The van der Waals surface area contributed by atoms with E-state index in [9.17, 15) is 5.11 Å². The highest BCUT2D eigenvalue weighted by atomic mass is 16.5. The van der Waals surface area contributed by atoms with E-state index in [2.05, 4.69) is 6.92 Å². The van der Waals surface area contributed by atoms with E-state index < -0.39 is 6.10 Å². The van der Waals surface area contributed by atoms with Gasteiger partial charge in [-0.3, -0.25) is 0 Å². The summed E-state index contributed by atoms with van der Waals surface area (Å²) in [4.78, 5) is 0. The Balaban J connectivity index is 1.86. The summed E-state index contributed by atoms with van der Waals surface area (Å²) in [7, 11) is 0. The number of benzene rings is 1. The molecule has 1 heterocycles. The van der Waals surface area contributed by atoms with Crippen LogP contribution in [0.3, 0.4) is 0 Å². The summed E-state index contributed by atoms with van der Waals surface area (Å²) >= 11 is 0. The molecule has 1 aliphatic heterocycles. The van der Waals surface area contributed by atoms with Crippen molar-refractivity contribution in [3.05, 3.63) is 35.9 Å². The lowest BCUT2D eigenvalue weighted by atomic mass is 9.94. The van der Waals surface area contributed by atoms with Crippen molar-refractivity contribution >= 4 is 0 Å². The van der Waals surface area contributed by atoms with Gasteiger partial charge in [-0.05, 0) is 12.0 Å². The molecule has 0 aliphatic carbocycles. The molecule has 1 aromatic carbocycles. The molecule has 1 fully saturated rings. The minimum Gasteiger partial charge on any atom is -0.390 e. The molecule has 0 spiro atoms. The van der Waals surface area contributed by atoms with Gasteiger partial charge in [-0.2, -0.15) is 0 Å². The largest absolute Gasteiger partial charge is 0.390 e. The van der Waals surface area contributed by atoms with Gasteiger partial charge in [0.05, 0.1) is 25.9 Å². The molecule has 1 aliphatic rings. The van der Waals surface area contributed by atoms with Gasteiger partial charge in [-0.1, -0.05) is 37.3 Å². The van der Waals surface area contributed by atoms with Crippen LogP contribution >= 0.6 is 0 Å². The minimum atomic E-state index is -0.405. The summed E-state index contributed by atoms with van der Waals surface area (Å²) in [5, 5.41) is 10.1. The average Bonchev–Trinajstić information content (AvgIpc) is 2.39. The summed E-state index contributed by atoms with van der Waals surface area (Å²) in [6.45, 7) is 3.73. The Morgan fingerprint density at radius 3 is 2.76 bits per heavy atom. The van der Waals surface area contributed by atoms with Crippen LogP contribution in [0.25, 0.3) is 0 Å². The maximum Gasteiger partial charge on any atom is 0.107 e. The number of aliphatic hydroxyl groups is 1. The SMILES string of the molecule is CC[C@@H]1COC[C@H](OCc2ccccc2)[C@@H]1O. The Hall–Kier alpha value is -0.900. The zero-order valence-electron chi connectivity index (χ0n) is 10.2. The van der Waals surface area contributed by atoms with Gasteiger partial charge in [0.15, 0.2) is 0 Å². The fourth-order valence-corrected chi connectivity index (χ4v) is 2.12. The molecule has 94 valence electrons. The zero-order chi connectivity index (χ0) is 12.1. The maximum atomic E-state index is 10.1. The van der Waals surface area contributed by atoms with Gasteiger partial charge in [-0.25, -0.2) is 0 Å². The van der Waals surface area contributed by atoms with Crippen LogP contribution in [0.4, 0.5) is 0 Å². The van der Waals surface area contributed by atoms with E-state index in [0.717, 1.165) is 12.0 Å². The summed E-state index contributed by atoms with van der Waals surface area (Å²) in [6, 6.07) is 10.00. The van der Waals surface area contributed by atoms with Crippen LogP contribution in [-0.2, 0) is 16.1 Å². The molecule has 0 bridgehead atoms. The molecule has 1 N–H and O–H groups in total. The standard InChI is InChI=1S/C14H20O3/c1-2-12-9-16-10-13(14(12)15)17-8-11-6-4-3-5-7-11/h3-7,12-15H,2,8-10H2,1H3/t12-,13+,14-/m1/s1. The van der Waals surface area contributed by atoms with Crippen molar-refractivity contribution in [2.75, 3.05) is 13.2 Å². The van der Waals surface area contributed by atoms with Crippen molar-refractivity contribution in [2.45, 2.75) is 32.2 Å². The van der Waals surface area contributed by atoms with Crippen molar-refractivity contribution in [3.8, 4) is 0 Å². The van der Waals surface area contributed by atoms with E-state index in [1.807, 2.05) is 30.3 Å². The molecule has 0 aromatic heterocycles. The van der Waals surface area contributed by atoms with Gasteiger partial charge in [-0.15, -0.1) is 0 Å². The molecule has 0 radical (unpaired) electrons. The van der Waals surface area contributed by atoms with Crippen molar-refractivity contribution < 1.29 is 14.6 Å². The van der Waals surface area contributed by atoms with E-state index in [1.165, 1.54) is 0 Å². The van der Waals surface area contributed by atoms with Crippen LogP contribution in [0, 0.1) is 5.92 Å². The first kappa shape index (κ1) is 12.6. The molecule has 3 heteroatoms. The molecule has 1 saturated heterocycles. The predicted molar refractivity (Wildman–Crippen MR) is 65.6 cm³/mol. The Morgan fingerprint density at radius 2 is 2.06 bits per heavy atom. The minimum absolute atomic E-state index is 0.199. The molecule has 0 saturated carbocycles. The van der Waals surface area contributed by atoms with Gasteiger partial charge in [0, 0.05) is 5.92 Å². The number of aliphatic hydroxyl groups excluding tert-OH is 1. The second-order valence-electron chi connectivity index (χ2n) is 4.53. The van der Waals surface area contributed by atoms with E-state index in [4.69, 9.17) is 9.47 Å². The molecule has 3 nitrogen and oxygen atoms in total. The number of hydrogen-bond donors (Lipinski definition) is 1. The average molecular weight is 236 g/mol. The van der Waals surface area contributed by atoms with Crippen LogP contribution in [0.1, 0.15) is 18.9 Å². The monoisotopic (exact) mass is 236 g/mol. The van der Waals surface area contributed by atoms with Crippen LogP contribution in [0.15, 0.2) is 30.3 Å². The fourth-order valence-electron chi connectivity index (χ4n) is 2.12. The molecular formula is C14H20O3. The zero-order valence-corrected chi connectivity index (χ0v) is 10.2. The summed E-state index contributed by atoms with van der Waals surface area (Å²) in [6.07, 6.45) is 0.318. The lowest BCUT2D eigenvalue weighted by Gasteiger charge is -2.34. The van der Waals surface area contributed by atoms with Crippen LogP contribution in [0.2, 0.25) is 0 Å². The maximum absolute atomic E-state index is 10.1. The van der Waals surface area contributed by atoms with Crippen LogP contribution in [-0.4, -0.2) is 30.5 Å². The highest BCUT2D eigenvalue weighted by molar-refractivity contribution is 5.13. The summed E-state index contributed by atoms with van der Waals surface area (Å²) in [5.74, 6) is 0.199. The third-order valence-corrected chi connectivity index (χ3v) is 3.31. The second-order valence-corrected chi connectivity index (χ2v) is 4.53. The lowest BCUT2D eigenvalue weighted by Crippen LogP contribution is -2.45. The Bertz CT molecular complexity index is 325. The van der Waals surface area contributed by atoms with Crippen molar-refractivity contribution in [1.82, 2.24) is 0 Å². The van der Waals surface area contributed by atoms with E-state index in [1.54, 1.807) is 0 Å². The van der Waals surface area contributed by atoms with Gasteiger partial charge in [0.25, 0.3) is 0 Å². The number of rotatable bonds is 4. The molecule has 0 unspecified atom stereocenters. The predicted octanol–water partition coefficient (Wildman–Crippen LogP) is 1.99. The summed E-state index contributed by atoms with van der Waals surface area (Å²) in [5.41, 5.74) is 1.12. The normalized spacial score (nSPS) is 29.2. The molecule has 17 heavy (non-hydrogen) atoms. The molecular weight excluding hydrogens is 216 g/mol. The van der Waals surface area contributed by atoms with Gasteiger partial charge < -0.3 is 14.6 Å². The molecule has 1 aromatic rings. The van der Waals surface area contributed by atoms with Crippen molar-refractivity contribution in [1.29, 1.82) is 0 Å². The van der Waals surface area contributed by atoms with Crippen LogP contribution < -0.4 is 0 Å². The topological polar surface area (TPSA) is 38.7 Å². The van der Waals surface area contributed by atoms with Gasteiger partial charge in [0.2, 0.25) is 0 Å². The third kappa shape index (κ3) is 3.28. The first-order chi connectivity index (χ1) is 8.31. The number of ether oxygens (including phenoxy) is 2. The van der Waals surface area contributed by atoms with E-state index in [-0.39, 0.29) is 12.0 Å². The summed E-state index contributed by atoms with van der Waals surface area (Å²) < 4.78 is 11.2. The smallest absolute Gasteiger partial charge is 0.107 e. The quantitative estimate of drug-likeness (QED) is 0.869. The number of hydrogen-bond acceptors (Lipinski definition) is 3. The molecule has 3 atom stereocenters.